The molecule has 0 bridgehead atoms. The maximum Gasteiger partial charge on any atom is 0.230 e. The maximum atomic E-state index is 12.3. The second-order valence-corrected chi connectivity index (χ2v) is 7.64. The van der Waals surface area contributed by atoms with E-state index < -0.39 is 0 Å². The maximum absolute atomic E-state index is 12.3. The quantitative estimate of drug-likeness (QED) is 0.691. The SMILES string of the molecule is CCOc1cc2c(cc1CNC(=O)CSc1nnnn1C(C)C)OC(C)C2. The minimum Gasteiger partial charge on any atom is -0.494 e. The lowest BCUT2D eigenvalue weighted by molar-refractivity contribution is -0.118. The van der Waals surface area contributed by atoms with Gasteiger partial charge in [-0.25, -0.2) is 4.68 Å². The molecule has 1 unspecified atom stereocenters. The molecular formula is C18H25N5O3S. The van der Waals surface area contributed by atoms with Crippen molar-refractivity contribution in [1.29, 1.82) is 0 Å². The predicted octanol–water partition coefficient (Wildman–Crippen LogP) is 2.38. The van der Waals surface area contributed by atoms with Gasteiger partial charge in [-0.15, -0.1) is 5.10 Å². The average Bonchev–Trinajstić information content (AvgIpc) is 3.23. The van der Waals surface area contributed by atoms with E-state index in [0.717, 1.165) is 29.0 Å². The second-order valence-electron chi connectivity index (χ2n) is 6.70. The van der Waals surface area contributed by atoms with Crippen LogP contribution in [0.2, 0.25) is 0 Å². The molecule has 3 rings (SSSR count). The average molecular weight is 391 g/mol. The van der Waals surface area contributed by atoms with E-state index in [1.54, 1.807) is 4.68 Å². The van der Waals surface area contributed by atoms with Crippen LogP contribution in [0.15, 0.2) is 17.3 Å². The van der Waals surface area contributed by atoms with Crippen LogP contribution in [0.1, 0.15) is 44.9 Å². The lowest BCUT2D eigenvalue weighted by Crippen LogP contribution is -2.25. The fraction of sp³-hybridized carbons (Fsp3) is 0.556. The van der Waals surface area contributed by atoms with Crippen LogP contribution in [0.25, 0.3) is 0 Å². The number of amides is 1. The Morgan fingerprint density at radius 2 is 2.30 bits per heavy atom. The van der Waals surface area contributed by atoms with Gasteiger partial charge in [0.1, 0.15) is 17.6 Å². The first-order valence-electron chi connectivity index (χ1n) is 9.10. The number of ether oxygens (including phenoxy) is 2. The standard InChI is InChI=1S/C18H25N5O3S/c1-5-25-15-7-13-6-12(4)26-16(13)8-14(15)9-19-17(24)10-27-18-20-21-22-23(18)11(2)3/h7-8,11-12H,5-6,9-10H2,1-4H3,(H,19,24). The van der Waals surface area contributed by atoms with Gasteiger partial charge in [0.15, 0.2) is 0 Å². The number of hydrogen-bond acceptors (Lipinski definition) is 7. The van der Waals surface area contributed by atoms with Gasteiger partial charge in [-0.1, -0.05) is 11.8 Å². The first kappa shape index (κ1) is 19.5. The fourth-order valence-electron chi connectivity index (χ4n) is 2.89. The third-order valence-corrected chi connectivity index (χ3v) is 5.07. The highest BCUT2D eigenvalue weighted by Crippen LogP contribution is 2.35. The number of thioether (sulfide) groups is 1. The summed E-state index contributed by atoms with van der Waals surface area (Å²) in [5.74, 6) is 1.83. The molecule has 1 aromatic carbocycles. The van der Waals surface area contributed by atoms with Crippen molar-refractivity contribution in [2.75, 3.05) is 12.4 Å². The summed E-state index contributed by atoms with van der Waals surface area (Å²) in [4.78, 5) is 12.3. The highest BCUT2D eigenvalue weighted by molar-refractivity contribution is 7.99. The number of nitrogens with zero attached hydrogens (tertiary/aromatic N) is 4. The molecule has 2 aromatic rings. The van der Waals surface area contributed by atoms with E-state index in [-0.39, 0.29) is 23.8 Å². The number of nitrogens with one attached hydrogen (secondary N) is 1. The van der Waals surface area contributed by atoms with E-state index in [9.17, 15) is 4.79 Å². The summed E-state index contributed by atoms with van der Waals surface area (Å²) in [7, 11) is 0. The van der Waals surface area contributed by atoms with E-state index in [2.05, 4.69) is 20.8 Å². The number of benzene rings is 1. The zero-order chi connectivity index (χ0) is 19.4. The number of carbonyl (C=O) groups is 1. The first-order chi connectivity index (χ1) is 13.0. The Morgan fingerprint density at radius 3 is 3.04 bits per heavy atom. The molecule has 1 aliphatic rings. The Hall–Kier alpha value is -2.29. The summed E-state index contributed by atoms with van der Waals surface area (Å²) in [5, 5.41) is 15.1. The second kappa shape index (κ2) is 8.60. The first-order valence-corrected chi connectivity index (χ1v) is 10.1. The van der Waals surface area contributed by atoms with Crippen LogP contribution in [-0.2, 0) is 17.8 Å². The van der Waals surface area contributed by atoms with Crippen LogP contribution in [0.3, 0.4) is 0 Å². The van der Waals surface area contributed by atoms with Gasteiger partial charge < -0.3 is 14.8 Å². The summed E-state index contributed by atoms with van der Waals surface area (Å²) in [6.07, 6.45) is 1.05. The molecule has 146 valence electrons. The third-order valence-electron chi connectivity index (χ3n) is 4.14. The molecule has 1 N–H and O–H groups in total. The number of fused-ring (bicyclic) bond motifs is 1. The number of aromatic nitrogens is 4. The molecule has 27 heavy (non-hydrogen) atoms. The van der Waals surface area contributed by atoms with Crippen LogP contribution >= 0.6 is 11.8 Å². The van der Waals surface area contributed by atoms with Gasteiger partial charge in [-0.2, -0.15) is 0 Å². The van der Waals surface area contributed by atoms with Crippen molar-refractivity contribution in [3.8, 4) is 11.5 Å². The van der Waals surface area contributed by atoms with Crippen LogP contribution in [0.5, 0.6) is 11.5 Å². The summed E-state index contributed by atoms with van der Waals surface area (Å²) in [5.41, 5.74) is 2.06. The van der Waals surface area contributed by atoms with E-state index in [1.807, 2.05) is 39.8 Å². The van der Waals surface area contributed by atoms with Gasteiger partial charge in [0.05, 0.1) is 18.4 Å². The van der Waals surface area contributed by atoms with E-state index in [1.165, 1.54) is 11.8 Å². The molecule has 1 amide bonds. The normalized spacial score (nSPS) is 15.5. The monoisotopic (exact) mass is 391 g/mol. The van der Waals surface area contributed by atoms with Crippen molar-refractivity contribution in [1.82, 2.24) is 25.5 Å². The summed E-state index contributed by atoms with van der Waals surface area (Å²) < 4.78 is 13.3. The molecule has 0 radical (unpaired) electrons. The molecular weight excluding hydrogens is 366 g/mol. The van der Waals surface area contributed by atoms with Crippen molar-refractivity contribution in [2.24, 2.45) is 0 Å². The molecule has 0 fully saturated rings. The lowest BCUT2D eigenvalue weighted by atomic mass is 10.1. The van der Waals surface area contributed by atoms with Crippen molar-refractivity contribution in [3.63, 3.8) is 0 Å². The van der Waals surface area contributed by atoms with Crippen molar-refractivity contribution < 1.29 is 14.3 Å². The van der Waals surface area contributed by atoms with Gasteiger partial charge in [-0.3, -0.25) is 4.79 Å². The zero-order valence-electron chi connectivity index (χ0n) is 16.1. The molecule has 1 atom stereocenters. The smallest absolute Gasteiger partial charge is 0.230 e. The Kier molecular flexibility index (Phi) is 6.20. The van der Waals surface area contributed by atoms with Gasteiger partial charge in [0, 0.05) is 24.1 Å². The molecule has 9 heteroatoms. The fourth-order valence-corrected chi connectivity index (χ4v) is 3.73. The van der Waals surface area contributed by atoms with E-state index in [4.69, 9.17) is 9.47 Å². The molecule has 0 saturated heterocycles. The van der Waals surface area contributed by atoms with Crippen LogP contribution in [-0.4, -0.2) is 44.6 Å². The number of carbonyl (C=O) groups excluding carboxylic acids is 1. The van der Waals surface area contributed by atoms with Crippen molar-refractivity contribution >= 4 is 17.7 Å². The molecule has 0 spiro atoms. The Balaban J connectivity index is 1.60. The Bertz CT molecular complexity index is 808. The molecule has 0 saturated carbocycles. The van der Waals surface area contributed by atoms with Gasteiger partial charge >= 0.3 is 0 Å². The summed E-state index contributed by atoms with van der Waals surface area (Å²) in [6, 6.07) is 4.14. The van der Waals surface area contributed by atoms with Crippen molar-refractivity contribution in [3.05, 3.63) is 23.3 Å². The van der Waals surface area contributed by atoms with Crippen LogP contribution < -0.4 is 14.8 Å². The minimum atomic E-state index is -0.0875. The van der Waals surface area contributed by atoms with Crippen LogP contribution in [0.4, 0.5) is 0 Å². The third kappa shape index (κ3) is 4.71. The summed E-state index contributed by atoms with van der Waals surface area (Å²) >= 11 is 1.32. The van der Waals surface area contributed by atoms with Gasteiger partial charge in [0.25, 0.3) is 0 Å². The van der Waals surface area contributed by atoms with Crippen molar-refractivity contribution in [2.45, 2.75) is 58.0 Å². The summed E-state index contributed by atoms with van der Waals surface area (Å²) in [6.45, 7) is 8.94. The molecule has 1 aromatic heterocycles. The highest BCUT2D eigenvalue weighted by atomic mass is 32.2. The lowest BCUT2D eigenvalue weighted by Gasteiger charge is -2.13. The van der Waals surface area contributed by atoms with Gasteiger partial charge in [0.2, 0.25) is 11.1 Å². The minimum absolute atomic E-state index is 0.0875. The predicted molar refractivity (Wildman–Crippen MR) is 102 cm³/mol. The topological polar surface area (TPSA) is 91.2 Å². The number of tetrazole rings is 1. The Morgan fingerprint density at radius 1 is 1.48 bits per heavy atom. The van der Waals surface area contributed by atoms with E-state index >= 15 is 0 Å². The van der Waals surface area contributed by atoms with E-state index in [0.29, 0.717) is 18.3 Å². The van der Waals surface area contributed by atoms with Crippen LogP contribution in [0, 0.1) is 0 Å². The molecule has 1 aliphatic heterocycles. The number of hydrogen-bond donors (Lipinski definition) is 1. The largest absolute Gasteiger partial charge is 0.494 e. The Labute approximate surface area is 163 Å². The molecule has 8 nitrogen and oxygen atoms in total. The number of rotatable bonds is 8. The molecule has 2 heterocycles. The zero-order valence-corrected chi connectivity index (χ0v) is 16.9. The molecule has 0 aliphatic carbocycles. The highest BCUT2D eigenvalue weighted by Gasteiger charge is 2.22. The van der Waals surface area contributed by atoms with Gasteiger partial charge in [-0.05, 0) is 50.3 Å².